The van der Waals surface area contributed by atoms with Gasteiger partial charge in [0.15, 0.2) is 15.6 Å². The fourth-order valence-corrected chi connectivity index (χ4v) is 2.83. The summed E-state index contributed by atoms with van der Waals surface area (Å²) in [5.41, 5.74) is 1.63. The van der Waals surface area contributed by atoms with E-state index in [4.69, 9.17) is 4.42 Å². The van der Waals surface area contributed by atoms with Gasteiger partial charge in [0.25, 0.3) is 5.91 Å². The molecule has 0 aliphatic rings. The van der Waals surface area contributed by atoms with Gasteiger partial charge in [0.1, 0.15) is 0 Å². The number of benzene rings is 1. The number of aryl methyl sites for hydroxylation is 1. The van der Waals surface area contributed by atoms with Crippen LogP contribution in [0.3, 0.4) is 0 Å². The highest BCUT2D eigenvalue weighted by Crippen LogP contribution is 2.20. The van der Waals surface area contributed by atoms with Crippen molar-refractivity contribution in [3.05, 3.63) is 53.5 Å². The van der Waals surface area contributed by atoms with Gasteiger partial charge in [-0.25, -0.2) is 8.42 Å². The van der Waals surface area contributed by atoms with Crippen LogP contribution in [0.15, 0.2) is 45.9 Å². The molecule has 1 aromatic heterocycles. The fourth-order valence-electron chi connectivity index (χ4n) is 2.20. The maximum absolute atomic E-state index is 12.2. The molecule has 0 saturated carbocycles. The van der Waals surface area contributed by atoms with Gasteiger partial charge in [-0.05, 0) is 37.1 Å². The second-order valence-electron chi connectivity index (χ2n) is 5.21. The minimum Gasteiger partial charge on any atom is -0.459 e. The summed E-state index contributed by atoms with van der Waals surface area (Å²) in [6, 6.07) is 8.08. The highest BCUT2D eigenvalue weighted by molar-refractivity contribution is 7.90. The van der Waals surface area contributed by atoms with Gasteiger partial charge in [-0.15, -0.1) is 0 Å². The standard InChI is InChI=1S/C16H19NO4S/c1-4-14(17-16(18)15-11(2)9-10-21-15)12-5-7-13(8-6-12)22(3,19)20/h5-10,14H,4H2,1-3H3,(H,17,18)/t14-/m0/s1. The molecule has 5 nitrogen and oxygen atoms in total. The summed E-state index contributed by atoms with van der Waals surface area (Å²) >= 11 is 0. The normalized spacial score (nSPS) is 12.9. The Morgan fingerprint density at radius 2 is 1.86 bits per heavy atom. The summed E-state index contributed by atoms with van der Waals surface area (Å²) in [4.78, 5) is 12.5. The Kier molecular flexibility index (Phi) is 4.71. The average molecular weight is 321 g/mol. The summed E-state index contributed by atoms with van der Waals surface area (Å²) in [7, 11) is -3.22. The van der Waals surface area contributed by atoms with Gasteiger partial charge in [0, 0.05) is 11.8 Å². The average Bonchev–Trinajstić information content (AvgIpc) is 2.90. The molecule has 2 rings (SSSR count). The first-order valence-corrected chi connectivity index (χ1v) is 8.87. The Balaban J connectivity index is 2.18. The number of hydrogen-bond donors (Lipinski definition) is 1. The summed E-state index contributed by atoms with van der Waals surface area (Å²) in [5, 5.41) is 2.90. The molecule has 0 fully saturated rings. The van der Waals surface area contributed by atoms with E-state index in [0.717, 1.165) is 11.1 Å². The van der Waals surface area contributed by atoms with E-state index in [1.807, 2.05) is 6.92 Å². The van der Waals surface area contributed by atoms with E-state index >= 15 is 0 Å². The molecule has 6 heteroatoms. The largest absolute Gasteiger partial charge is 0.459 e. The molecule has 1 aromatic carbocycles. The van der Waals surface area contributed by atoms with Crippen molar-refractivity contribution in [3.8, 4) is 0 Å². The van der Waals surface area contributed by atoms with E-state index in [0.29, 0.717) is 12.2 Å². The second-order valence-corrected chi connectivity index (χ2v) is 7.22. The number of furan rings is 1. The van der Waals surface area contributed by atoms with Crippen molar-refractivity contribution in [1.82, 2.24) is 5.32 Å². The van der Waals surface area contributed by atoms with Crippen molar-refractivity contribution in [2.75, 3.05) is 6.26 Å². The molecule has 0 aliphatic heterocycles. The van der Waals surface area contributed by atoms with Crippen LogP contribution in [-0.2, 0) is 9.84 Å². The van der Waals surface area contributed by atoms with Crippen LogP contribution < -0.4 is 5.32 Å². The highest BCUT2D eigenvalue weighted by Gasteiger charge is 2.18. The van der Waals surface area contributed by atoms with E-state index in [1.54, 1.807) is 37.3 Å². The molecule has 2 aromatic rings. The van der Waals surface area contributed by atoms with Crippen LogP contribution in [0.2, 0.25) is 0 Å². The number of carbonyl (C=O) groups is 1. The van der Waals surface area contributed by atoms with Gasteiger partial charge in [-0.3, -0.25) is 4.79 Å². The van der Waals surface area contributed by atoms with Gasteiger partial charge >= 0.3 is 0 Å². The maximum atomic E-state index is 12.2. The van der Waals surface area contributed by atoms with E-state index < -0.39 is 9.84 Å². The first-order chi connectivity index (χ1) is 10.3. The van der Waals surface area contributed by atoms with E-state index in [2.05, 4.69) is 5.32 Å². The number of rotatable bonds is 5. The maximum Gasteiger partial charge on any atom is 0.287 e. The van der Waals surface area contributed by atoms with Gasteiger partial charge in [-0.2, -0.15) is 0 Å². The van der Waals surface area contributed by atoms with E-state index in [9.17, 15) is 13.2 Å². The SMILES string of the molecule is CC[C@H](NC(=O)c1occc1C)c1ccc(S(C)(=O)=O)cc1. The quantitative estimate of drug-likeness (QED) is 0.918. The smallest absolute Gasteiger partial charge is 0.287 e. The molecule has 0 radical (unpaired) electrons. The number of hydrogen-bond acceptors (Lipinski definition) is 4. The Morgan fingerprint density at radius 3 is 2.32 bits per heavy atom. The van der Waals surface area contributed by atoms with Crippen LogP contribution in [0, 0.1) is 6.92 Å². The molecule has 0 aliphatic carbocycles. The van der Waals surface area contributed by atoms with Gasteiger partial charge in [-0.1, -0.05) is 19.1 Å². The number of sulfone groups is 1. The lowest BCUT2D eigenvalue weighted by Crippen LogP contribution is -2.28. The zero-order valence-corrected chi connectivity index (χ0v) is 13.6. The lowest BCUT2D eigenvalue weighted by Gasteiger charge is -2.17. The van der Waals surface area contributed by atoms with Crippen molar-refractivity contribution in [3.63, 3.8) is 0 Å². The monoisotopic (exact) mass is 321 g/mol. The molecule has 1 atom stereocenters. The van der Waals surface area contributed by atoms with Crippen LogP contribution in [0.1, 0.15) is 41.1 Å². The minimum atomic E-state index is -3.22. The van der Waals surface area contributed by atoms with Crippen LogP contribution in [0.4, 0.5) is 0 Å². The molecule has 0 saturated heterocycles. The molecule has 1 N–H and O–H groups in total. The Morgan fingerprint density at radius 1 is 1.23 bits per heavy atom. The summed E-state index contributed by atoms with van der Waals surface area (Å²) in [6.45, 7) is 3.75. The van der Waals surface area contributed by atoms with Gasteiger partial charge in [0.05, 0.1) is 17.2 Å². The number of nitrogens with one attached hydrogen (secondary N) is 1. The Hall–Kier alpha value is -2.08. The van der Waals surface area contributed by atoms with Gasteiger partial charge < -0.3 is 9.73 Å². The first kappa shape index (κ1) is 16.3. The molecule has 118 valence electrons. The molecule has 1 heterocycles. The molecular weight excluding hydrogens is 302 g/mol. The van der Waals surface area contributed by atoms with Crippen molar-refractivity contribution >= 4 is 15.7 Å². The molecule has 22 heavy (non-hydrogen) atoms. The van der Waals surface area contributed by atoms with E-state index in [-0.39, 0.29) is 16.8 Å². The van der Waals surface area contributed by atoms with Crippen molar-refractivity contribution in [2.45, 2.75) is 31.2 Å². The highest BCUT2D eigenvalue weighted by atomic mass is 32.2. The Bertz CT molecular complexity index is 760. The molecule has 1 amide bonds. The van der Waals surface area contributed by atoms with Crippen LogP contribution in [0.25, 0.3) is 0 Å². The third-order valence-corrected chi connectivity index (χ3v) is 4.62. The molecule has 0 bridgehead atoms. The van der Waals surface area contributed by atoms with Crippen molar-refractivity contribution in [2.24, 2.45) is 0 Å². The van der Waals surface area contributed by atoms with Gasteiger partial charge in [0.2, 0.25) is 0 Å². The zero-order valence-electron chi connectivity index (χ0n) is 12.8. The number of carbonyl (C=O) groups excluding carboxylic acids is 1. The second kappa shape index (κ2) is 6.36. The summed E-state index contributed by atoms with van der Waals surface area (Å²) in [6.07, 6.45) is 3.33. The lowest BCUT2D eigenvalue weighted by atomic mass is 10.0. The fraction of sp³-hybridized carbons (Fsp3) is 0.312. The summed E-state index contributed by atoms with van der Waals surface area (Å²) < 4.78 is 28.1. The third-order valence-electron chi connectivity index (χ3n) is 3.49. The lowest BCUT2D eigenvalue weighted by molar-refractivity contribution is 0.0906. The third kappa shape index (κ3) is 3.57. The topological polar surface area (TPSA) is 76.4 Å². The van der Waals surface area contributed by atoms with Crippen molar-refractivity contribution < 1.29 is 17.6 Å². The van der Waals surface area contributed by atoms with Crippen molar-refractivity contribution in [1.29, 1.82) is 0 Å². The summed E-state index contributed by atoms with van der Waals surface area (Å²) in [5.74, 6) is 0.0211. The zero-order chi connectivity index (χ0) is 16.3. The van der Waals surface area contributed by atoms with Crippen LogP contribution >= 0.6 is 0 Å². The van der Waals surface area contributed by atoms with Crippen LogP contribution in [-0.4, -0.2) is 20.6 Å². The molecule has 0 unspecified atom stereocenters. The first-order valence-electron chi connectivity index (χ1n) is 6.98. The minimum absolute atomic E-state index is 0.203. The van der Waals surface area contributed by atoms with Crippen LogP contribution in [0.5, 0.6) is 0 Å². The Labute approximate surface area is 130 Å². The number of amides is 1. The predicted octanol–water partition coefficient (Wildman–Crippen LogP) is 2.87. The van der Waals surface area contributed by atoms with E-state index in [1.165, 1.54) is 12.5 Å². The predicted molar refractivity (Wildman–Crippen MR) is 83.5 cm³/mol. The molecule has 0 spiro atoms. The molecular formula is C16H19NO4S.